The maximum atomic E-state index is 12.5. The van der Waals surface area contributed by atoms with E-state index in [1.165, 1.54) is 0 Å². The predicted molar refractivity (Wildman–Crippen MR) is 134 cm³/mol. The summed E-state index contributed by atoms with van der Waals surface area (Å²) in [5, 5.41) is 11.2. The van der Waals surface area contributed by atoms with Gasteiger partial charge in [0.25, 0.3) is 0 Å². The molecular weight excluding hydrogens is 484 g/mol. The number of hydrogen-bond donors (Lipinski definition) is 2. The summed E-state index contributed by atoms with van der Waals surface area (Å²) in [6.45, 7) is 6.05. The molecule has 33 heavy (non-hydrogen) atoms. The lowest BCUT2D eigenvalue weighted by Crippen LogP contribution is -2.21. The van der Waals surface area contributed by atoms with Gasteiger partial charge in [-0.05, 0) is 44.1 Å². The topological polar surface area (TPSA) is 94.5 Å². The van der Waals surface area contributed by atoms with Crippen molar-refractivity contribution < 1.29 is 19.1 Å². The van der Waals surface area contributed by atoms with Crippen molar-refractivity contribution in [1.29, 1.82) is 0 Å². The molecule has 0 saturated carbocycles. The molecule has 0 unspecified atom stereocenters. The number of benzene rings is 1. The second-order valence-corrected chi connectivity index (χ2v) is 8.63. The molecule has 0 aliphatic heterocycles. The standard InChI is InChI=1S/C22H23ClN4O4S2/c1-4-30-20(28)16-13(3)17(21(29)31-5-2)33-19(16)25-22(32)24-18-15(23)12-27(26-18)11-14-9-7-6-8-10-14/h6-10,12H,4-5,11H2,1-3H3,(H2,24,25,26,32). The second kappa shape index (κ2) is 11.3. The first-order valence-corrected chi connectivity index (χ1v) is 11.8. The van der Waals surface area contributed by atoms with Crippen LogP contribution in [0.2, 0.25) is 5.02 Å². The van der Waals surface area contributed by atoms with Crippen LogP contribution in [0.5, 0.6) is 0 Å². The third-order valence-corrected chi connectivity index (χ3v) is 6.12. The molecule has 11 heteroatoms. The van der Waals surface area contributed by atoms with Gasteiger partial charge in [0.1, 0.15) is 14.9 Å². The Hall–Kier alpha value is -2.95. The largest absolute Gasteiger partial charge is 0.462 e. The first kappa shape index (κ1) is 24.7. The fourth-order valence-corrected chi connectivity index (χ4v) is 4.57. The van der Waals surface area contributed by atoms with Crippen LogP contribution in [0.15, 0.2) is 36.5 Å². The third-order valence-electron chi connectivity index (χ3n) is 4.45. The van der Waals surface area contributed by atoms with Gasteiger partial charge in [-0.1, -0.05) is 41.9 Å². The summed E-state index contributed by atoms with van der Waals surface area (Å²) in [6.07, 6.45) is 1.69. The molecule has 174 valence electrons. The Morgan fingerprint density at radius 2 is 1.79 bits per heavy atom. The average Bonchev–Trinajstić information content (AvgIpc) is 3.27. The smallest absolute Gasteiger partial charge is 0.348 e. The molecule has 3 aromatic rings. The van der Waals surface area contributed by atoms with Crippen molar-refractivity contribution in [3.8, 4) is 0 Å². The van der Waals surface area contributed by atoms with Crippen molar-refractivity contribution >= 4 is 63.0 Å². The SMILES string of the molecule is CCOC(=O)c1sc(NC(=S)Nc2nn(Cc3ccccc3)cc2Cl)c(C(=O)OCC)c1C. The molecule has 0 bridgehead atoms. The molecule has 3 rings (SSSR count). The minimum Gasteiger partial charge on any atom is -0.462 e. The summed E-state index contributed by atoms with van der Waals surface area (Å²) < 4.78 is 11.9. The van der Waals surface area contributed by atoms with Crippen LogP contribution in [0, 0.1) is 6.92 Å². The first-order chi connectivity index (χ1) is 15.8. The van der Waals surface area contributed by atoms with Gasteiger partial charge in [-0.3, -0.25) is 4.68 Å². The zero-order valence-corrected chi connectivity index (χ0v) is 20.7. The van der Waals surface area contributed by atoms with Crippen LogP contribution in [-0.4, -0.2) is 40.0 Å². The number of hydrogen-bond acceptors (Lipinski definition) is 7. The maximum absolute atomic E-state index is 12.5. The van der Waals surface area contributed by atoms with Crippen molar-refractivity contribution in [3.63, 3.8) is 0 Å². The normalized spacial score (nSPS) is 10.5. The number of thiocarbonyl (C=S) groups is 1. The van der Waals surface area contributed by atoms with E-state index in [4.69, 9.17) is 33.3 Å². The van der Waals surface area contributed by atoms with E-state index in [1.54, 1.807) is 31.6 Å². The molecule has 1 aromatic carbocycles. The van der Waals surface area contributed by atoms with Crippen LogP contribution in [0.1, 0.15) is 45.0 Å². The highest BCUT2D eigenvalue weighted by atomic mass is 35.5. The lowest BCUT2D eigenvalue weighted by Gasteiger charge is -2.10. The molecule has 2 aromatic heterocycles. The van der Waals surface area contributed by atoms with Gasteiger partial charge in [-0.2, -0.15) is 5.10 Å². The molecule has 0 spiro atoms. The number of nitrogens with zero attached hydrogens (tertiary/aromatic N) is 2. The van der Waals surface area contributed by atoms with E-state index in [2.05, 4.69) is 15.7 Å². The highest BCUT2D eigenvalue weighted by molar-refractivity contribution is 7.80. The van der Waals surface area contributed by atoms with E-state index in [0.717, 1.165) is 16.9 Å². The third kappa shape index (κ3) is 6.10. The number of ether oxygens (including phenoxy) is 2. The molecule has 0 aliphatic rings. The Balaban J connectivity index is 1.79. The number of anilines is 2. The lowest BCUT2D eigenvalue weighted by molar-refractivity contribution is 0.0527. The summed E-state index contributed by atoms with van der Waals surface area (Å²) in [5.74, 6) is -0.709. The minimum absolute atomic E-state index is 0.157. The van der Waals surface area contributed by atoms with Crippen LogP contribution >= 0.6 is 35.2 Å². The monoisotopic (exact) mass is 506 g/mol. The fraction of sp³-hybridized carbons (Fsp3) is 0.273. The first-order valence-electron chi connectivity index (χ1n) is 10.2. The van der Waals surface area contributed by atoms with E-state index >= 15 is 0 Å². The number of carbonyl (C=O) groups excluding carboxylic acids is 2. The summed E-state index contributed by atoms with van der Waals surface area (Å²) >= 11 is 12.8. The Morgan fingerprint density at radius 3 is 2.45 bits per heavy atom. The summed E-state index contributed by atoms with van der Waals surface area (Å²) in [7, 11) is 0. The van der Waals surface area contributed by atoms with Crippen LogP contribution in [0.25, 0.3) is 0 Å². The molecule has 2 heterocycles. The van der Waals surface area contributed by atoms with Gasteiger partial charge in [-0.15, -0.1) is 11.3 Å². The predicted octanol–water partition coefficient (Wildman–Crippen LogP) is 5.12. The molecule has 0 amide bonds. The van der Waals surface area contributed by atoms with Crippen molar-refractivity contribution in [2.45, 2.75) is 27.3 Å². The van der Waals surface area contributed by atoms with E-state index in [9.17, 15) is 9.59 Å². The summed E-state index contributed by atoms with van der Waals surface area (Å²) in [6, 6.07) is 9.83. The lowest BCUT2D eigenvalue weighted by atomic mass is 10.1. The van der Waals surface area contributed by atoms with E-state index < -0.39 is 11.9 Å². The van der Waals surface area contributed by atoms with Crippen LogP contribution in [-0.2, 0) is 16.0 Å². The van der Waals surface area contributed by atoms with E-state index in [0.29, 0.717) is 32.8 Å². The number of nitrogens with one attached hydrogen (secondary N) is 2. The number of carbonyl (C=O) groups is 2. The Kier molecular flexibility index (Phi) is 8.43. The minimum atomic E-state index is -0.558. The van der Waals surface area contributed by atoms with Crippen molar-refractivity contribution in [2.75, 3.05) is 23.8 Å². The van der Waals surface area contributed by atoms with Crippen molar-refractivity contribution in [2.24, 2.45) is 0 Å². The maximum Gasteiger partial charge on any atom is 0.348 e. The fourth-order valence-electron chi connectivity index (χ4n) is 3.02. The van der Waals surface area contributed by atoms with Crippen LogP contribution < -0.4 is 10.6 Å². The van der Waals surface area contributed by atoms with Gasteiger partial charge in [0.05, 0.1) is 25.3 Å². The molecule has 0 saturated heterocycles. The second-order valence-electron chi connectivity index (χ2n) is 6.79. The van der Waals surface area contributed by atoms with Gasteiger partial charge in [-0.25, -0.2) is 9.59 Å². The van der Waals surface area contributed by atoms with Crippen LogP contribution in [0.4, 0.5) is 10.8 Å². The zero-order valence-electron chi connectivity index (χ0n) is 18.3. The van der Waals surface area contributed by atoms with E-state index in [-0.39, 0.29) is 23.9 Å². The van der Waals surface area contributed by atoms with Gasteiger partial charge in [0.2, 0.25) is 0 Å². The Labute approximate surface area is 205 Å². The van der Waals surface area contributed by atoms with Crippen molar-refractivity contribution in [1.82, 2.24) is 9.78 Å². The number of thiophene rings is 1. The summed E-state index contributed by atoms with van der Waals surface area (Å²) in [4.78, 5) is 25.2. The molecule has 0 fully saturated rings. The van der Waals surface area contributed by atoms with Gasteiger partial charge in [0, 0.05) is 6.20 Å². The van der Waals surface area contributed by atoms with Crippen molar-refractivity contribution in [3.05, 3.63) is 63.1 Å². The average molecular weight is 507 g/mol. The molecule has 2 N–H and O–H groups in total. The van der Waals surface area contributed by atoms with Crippen LogP contribution in [0.3, 0.4) is 0 Å². The Morgan fingerprint density at radius 1 is 1.12 bits per heavy atom. The van der Waals surface area contributed by atoms with Gasteiger partial charge >= 0.3 is 11.9 Å². The van der Waals surface area contributed by atoms with E-state index in [1.807, 2.05) is 30.3 Å². The zero-order chi connectivity index (χ0) is 24.0. The highest BCUT2D eigenvalue weighted by Gasteiger charge is 2.27. The van der Waals surface area contributed by atoms with Gasteiger partial charge in [0.15, 0.2) is 10.9 Å². The number of esters is 2. The van der Waals surface area contributed by atoms with Gasteiger partial charge < -0.3 is 20.1 Å². The molecule has 0 aliphatic carbocycles. The number of rotatable bonds is 8. The number of aromatic nitrogens is 2. The summed E-state index contributed by atoms with van der Waals surface area (Å²) in [5.41, 5.74) is 1.77. The molecular formula is C22H23ClN4O4S2. The quantitative estimate of drug-likeness (QED) is 0.321. The molecule has 8 nitrogen and oxygen atoms in total. The highest BCUT2D eigenvalue weighted by Crippen LogP contribution is 2.34. The Bertz CT molecular complexity index is 1160. The molecule has 0 radical (unpaired) electrons. The number of halogens is 1. The molecule has 0 atom stereocenters.